The lowest BCUT2D eigenvalue weighted by Crippen LogP contribution is -2.58. The van der Waals surface area contributed by atoms with Crippen LogP contribution in [0.3, 0.4) is 0 Å². The van der Waals surface area contributed by atoms with E-state index in [1.165, 1.54) is 21.7 Å². The van der Waals surface area contributed by atoms with Gasteiger partial charge in [0.05, 0.1) is 22.7 Å². The van der Waals surface area contributed by atoms with E-state index in [0.29, 0.717) is 12.1 Å². The van der Waals surface area contributed by atoms with Crippen molar-refractivity contribution in [3.8, 4) is 5.69 Å². The summed E-state index contributed by atoms with van der Waals surface area (Å²) in [6, 6.07) is 5.85. The zero-order valence-corrected chi connectivity index (χ0v) is 17.6. The van der Waals surface area contributed by atoms with Gasteiger partial charge in [0.25, 0.3) is 0 Å². The minimum atomic E-state index is -4.49. The van der Waals surface area contributed by atoms with Gasteiger partial charge in [-0.25, -0.2) is 17.9 Å². The van der Waals surface area contributed by atoms with Crippen molar-refractivity contribution in [1.29, 1.82) is 0 Å². The number of aryl methyl sites for hydroxylation is 1. The Hall–Kier alpha value is -2.56. The summed E-state index contributed by atoms with van der Waals surface area (Å²) in [4.78, 5) is 11.6. The Morgan fingerprint density at radius 1 is 1.26 bits per heavy atom. The maximum absolute atomic E-state index is 13.3. The second-order valence-electron chi connectivity index (χ2n) is 8.17. The zero-order valence-electron chi connectivity index (χ0n) is 16.8. The predicted octanol–water partition coefficient (Wildman–Crippen LogP) is 3.41. The van der Waals surface area contributed by atoms with Crippen molar-refractivity contribution in [2.75, 3.05) is 17.2 Å². The van der Waals surface area contributed by atoms with Gasteiger partial charge in [0, 0.05) is 12.6 Å². The van der Waals surface area contributed by atoms with Crippen LogP contribution < -0.4 is 4.90 Å². The van der Waals surface area contributed by atoms with E-state index in [4.69, 9.17) is 0 Å². The summed E-state index contributed by atoms with van der Waals surface area (Å²) in [5, 5.41) is 14.4. The lowest BCUT2D eigenvalue weighted by Gasteiger charge is -2.35. The van der Waals surface area contributed by atoms with Crippen LogP contribution in [0.25, 0.3) is 5.69 Å². The molecule has 1 N–H and O–H groups in total. The van der Waals surface area contributed by atoms with E-state index in [2.05, 4.69) is 5.10 Å². The van der Waals surface area contributed by atoms with E-state index >= 15 is 0 Å². The molecule has 2 heterocycles. The monoisotopic (exact) mass is 457 g/mol. The molecule has 7 nitrogen and oxygen atoms in total. The number of aromatic nitrogens is 2. The number of aliphatic carboxylic acids is 1. The maximum Gasteiger partial charge on any atom is 0.416 e. The molecular weight excluding hydrogens is 435 g/mol. The number of carbonyl (C=O) groups is 1. The van der Waals surface area contributed by atoms with Gasteiger partial charge in [0.2, 0.25) is 4.87 Å². The number of rotatable bonds is 6. The molecule has 1 aromatic carbocycles. The number of nitrogens with zero attached hydrogens (tertiary/aromatic N) is 3. The number of anilines is 1. The summed E-state index contributed by atoms with van der Waals surface area (Å²) in [5.41, 5.74) is -0.0581. The molecule has 0 amide bonds. The summed E-state index contributed by atoms with van der Waals surface area (Å²) in [6.45, 7) is 1.84. The highest BCUT2D eigenvalue weighted by Crippen LogP contribution is 2.43. The Morgan fingerprint density at radius 3 is 2.45 bits per heavy atom. The molecule has 1 atom stereocenters. The van der Waals surface area contributed by atoms with Gasteiger partial charge in [-0.3, -0.25) is 0 Å². The topological polar surface area (TPSA) is 92.5 Å². The fraction of sp³-hybridized carbons (Fsp3) is 0.500. The fourth-order valence-corrected chi connectivity index (χ4v) is 6.63. The van der Waals surface area contributed by atoms with Crippen molar-refractivity contribution < 1.29 is 31.5 Å². The molecule has 11 heteroatoms. The number of hydrogen-bond acceptors (Lipinski definition) is 5. The van der Waals surface area contributed by atoms with Gasteiger partial charge in [-0.2, -0.15) is 18.3 Å². The first-order chi connectivity index (χ1) is 14.5. The molecule has 2 fully saturated rings. The summed E-state index contributed by atoms with van der Waals surface area (Å²) < 4.78 is 66.6. The third-order valence-electron chi connectivity index (χ3n) is 5.86. The minimum absolute atomic E-state index is 0.0229. The van der Waals surface area contributed by atoms with Crippen LogP contribution in [0.4, 0.5) is 19.0 Å². The van der Waals surface area contributed by atoms with Crippen LogP contribution in [0.2, 0.25) is 0 Å². The first-order valence-electron chi connectivity index (χ1n) is 9.93. The summed E-state index contributed by atoms with van der Waals surface area (Å²) in [5.74, 6) is -1.42. The molecule has 1 aromatic heterocycles. The molecular formula is C20H22F3N3O4S. The van der Waals surface area contributed by atoms with Crippen LogP contribution in [-0.2, 0) is 20.8 Å². The molecule has 2 aromatic rings. The summed E-state index contributed by atoms with van der Waals surface area (Å²) >= 11 is 0. The molecule has 1 saturated heterocycles. The number of alkyl halides is 3. The Bertz CT molecular complexity index is 1110. The molecule has 1 saturated carbocycles. The van der Waals surface area contributed by atoms with E-state index in [1.807, 2.05) is 0 Å². The summed E-state index contributed by atoms with van der Waals surface area (Å²) in [6.07, 6.45) is -2.68. The van der Waals surface area contributed by atoms with E-state index in [-0.39, 0.29) is 36.1 Å². The predicted molar refractivity (Wildman–Crippen MR) is 107 cm³/mol. The molecule has 31 heavy (non-hydrogen) atoms. The highest BCUT2D eigenvalue weighted by molar-refractivity contribution is 7.93. The molecule has 1 aliphatic carbocycles. The molecule has 2 aliphatic rings. The summed E-state index contributed by atoms with van der Waals surface area (Å²) in [7, 11) is -4.03. The van der Waals surface area contributed by atoms with Gasteiger partial charge in [0.15, 0.2) is 9.84 Å². The van der Waals surface area contributed by atoms with Gasteiger partial charge in [0.1, 0.15) is 5.82 Å². The second kappa shape index (κ2) is 7.25. The first kappa shape index (κ1) is 21.7. The zero-order chi connectivity index (χ0) is 22.6. The number of hydrogen-bond donors (Lipinski definition) is 1. The quantitative estimate of drug-likeness (QED) is 0.715. The Kier molecular flexibility index (Phi) is 5.07. The van der Waals surface area contributed by atoms with Crippen LogP contribution in [-0.4, -0.2) is 46.4 Å². The highest BCUT2D eigenvalue weighted by Gasteiger charge is 2.59. The van der Waals surface area contributed by atoms with Crippen molar-refractivity contribution in [2.24, 2.45) is 5.92 Å². The number of sulfone groups is 1. The van der Waals surface area contributed by atoms with E-state index in [0.717, 1.165) is 25.0 Å². The molecule has 0 radical (unpaired) electrons. The molecule has 0 bridgehead atoms. The number of benzene rings is 1. The fourth-order valence-electron chi connectivity index (χ4n) is 4.16. The molecule has 1 unspecified atom stereocenters. The van der Waals surface area contributed by atoms with Crippen LogP contribution in [0, 0.1) is 12.8 Å². The maximum atomic E-state index is 13.3. The average Bonchev–Trinajstić information content (AvgIpc) is 3.21. The standard InChI is InChI=1S/C20H22F3N3O4S/c1-13-11-17(26(24-13)16-7-5-15(6-8-16)20(21,22)23)25-10-2-9-19(25,18(27)28)31(29,30)12-14-3-4-14/h5-8,11,14H,2-4,9-10,12H2,1H3,(H,27,28). The van der Waals surface area contributed by atoms with Gasteiger partial charge < -0.3 is 10.0 Å². The molecule has 1 aliphatic heterocycles. The molecule has 168 valence electrons. The Labute approximate surface area is 177 Å². The van der Waals surface area contributed by atoms with E-state index in [1.54, 1.807) is 13.0 Å². The lowest BCUT2D eigenvalue weighted by atomic mass is 10.2. The van der Waals surface area contributed by atoms with Gasteiger partial charge in [-0.1, -0.05) is 0 Å². The highest BCUT2D eigenvalue weighted by atomic mass is 32.2. The number of carboxylic acid groups (broad SMARTS) is 1. The van der Waals surface area contributed by atoms with Crippen LogP contribution in [0.15, 0.2) is 30.3 Å². The van der Waals surface area contributed by atoms with Crippen molar-refractivity contribution in [2.45, 2.75) is 43.7 Å². The lowest BCUT2D eigenvalue weighted by molar-refractivity contribution is -0.140. The normalized spacial score (nSPS) is 22.1. The van der Waals surface area contributed by atoms with Crippen molar-refractivity contribution in [3.05, 3.63) is 41.6 Å². The van der Waals surface area contributed by atoms with Crippen molar-refractivity contribution >= 4 is 21.6 Å². The van der Waals surface area contributed by atoms with Crippen molar-refractivity contribution in [1.82, 2.24) is 9.78 Å². The van der Waals surface area contributed by atoms with Gasteiger partial charge >= 0.3 is 12.1 Å². The van der Waals surface area contributed by atoms with E-state index in [9.17, 15) is 31.5 Å². The van der Waals surface area contributed by atoms with Crippen LogP contribution in [0.5, 0.6) is 0 Å². The largest absolute Gasteiger partial charge is 0.479 e. The Balaban J connectivity index is 1.80. The molecule has 0 spiro atoms. The Morgan fingerprint density at radius 2 is 1.90 bits per heavy atom. The smallest absolute Gasteiger partial charge is 0.416 e. The van der Waals surface area contributed by atoms with Crippen molar-refractivity contribution in [3.63, 3.8) is 0 Å². The minimum Gasteiger partial charge on any atom is -0.479 e. The number of carboxylic acids is 1. The van der Waals surface area contributed by atoms with Gasteiger partial charge in [-0.05, 0) is 62.8 Å². The second-order valence-corrected chi connectivity index (χ2v) is 10.4. The third-order valence-corrected chi connectivity index (χ3v) is 8.40. The SMILES string of the molecule is Cc1cc(N2CCCC2(C(=O)O)S(=O)(=O)CC2CC2)n(-c2ccc(C(F)(F)F)cc2)n1. The first-order valence-corrected chi connectivity index (χ1v) is 11.6. The molecule has 4 rings (SSSR count). The number of halogens is 3. The van der Waals surface area contributed by atoms with Crippen LogP contribution in [0.1, 0.15) is 36.9 Å². The van der Waals surface area contributed by atoms with Crippen LogP contribution >= 0.6 is 0 Å². The third kappa shape index (κ3) is 3.68. The van der Waals surface area contributed by atoms with E-state index < -0.39 is 32.4 Å². The average molecular weight is 457 g/mol. The van der Waals surface area contributed by atoms with Gasteiger partial charge in [-0.15, -0.1) is 0 Å².